The van der Waals surface area contributed by atoms with Crippen LogP contribution in [0.2, 0.25) is 0 Å². The van der Waals surface area contributed by atoms with E-state index in [1.165, 1.54) is 11.1 Å². The number of ether oxygens (including phenoxy) is 1. The Balaban J connectivity index is 1.68. The van der Waals surface area contributed by atoms with E-state index < -0.39 is 15.4 Å². The summed E-state index contributed by atoms with van der Waals surface area (Å²) < 4.78 is 34.4. The zero-order valence-corrected chi connectivity index (χ0v) is 18.1. The van der Waals surface area contributed by atoms with Crippen LogP contribution < -0.4 is 9.46 Å². The fraction of sp³-hybridized carbons (Fsp3) is 0.478. The fourth-order valence-corrected chi connectivity index (χ4v) is 6.70. The quantitative estimate of drug-likeness (QED) is 0.785. The Morgan fingerprint density at radius 2 is 1.93 bits per heavy atom. The number of hydrogen-bond acceptors (Lipinski definition) is 4. The van der Waals surface area contributed by atoms with Crippen molar-refractivity contribution in [2.75, 3.05) is 13.7 Å². The van der Waals surface area contributed by atoms with Crippen LogP contribution in [0.5, 0.6) is 5.75 Å². The summed E-state index contributed by atoms with van der Waals surface area (Å²) in [5, 5.41) is 10.4. The Morgan fingerprint density at radius 1 is 1.21 bits per heavy atom. The number of hydrogen-bond donors (Lipinski definition) is 2. The Bertz CT molecular complexity index is 1020. The minimum atomic E-state index is -3.65. The molecule has 0 spiro atoms. The van der Waals surface area contributed by atoms with Gasteiger partial charge in [-0.25, -0.2) is 13.1 Å². The highest BCUT2D eigenvalue weighted by Crippen LogP contribution is 2.55. The van der Waals surface area contributed by atoms with Gasteiger partial charge in [0.15, 0.2) is 0 Å². The Hall–Kier alpha value is -1.89. The maximum atomic E-state index is 13.0. The average Bonchev–Trinajstić information content (AvgIpc) is 2.70. The molecular formula is C23H29NO4S. The molecule has 29 heavy (non-hydrogen) atoms. The van der Waals surface area contributed by atoms with E-state index in [1.807, 2.05) is 13.0 Å². The number of aliphatic hydroxyl groups excluding tert-OH is 1. The Morgan fingerprint density at radius 3 is 2.59 bits per heavy atom. The highest BCUT2D eigenvalue weighted by Gasteiger charge is 2.53. The maximum Gasteiger partial charge on any atom is 0.240 e. The van der Waals surface area contributed by atoms with Gasteiger partial charge in [0.2, 0.25) is 10.0 Å². The summed E-state index contributed by atoms with van der Waals surface area (Å²) in [6, 6.07) is 12.7. The number of aryl methyl sites for hydroxylation is 1. The van der Waals surface area contributed by atoms with Crippen molar-refractivity contribution in [2.45, 2.75) is 55.9 Å². The van der Waals surface area contributed by atoms with Gasteiger partial charge in [-0.1, -0.05) is 30.7 Å². The molecule has 0 saturated heterocycles. The van der Waals surface area contributed by atoms with Crippen LogP contribution in [0.4, 0.5) is 0 Å². The molecule has 0 heterocycles. The molecular weight excluding hydrogens is 386 g/mol. The molecule has 0 aliphatic heterocycles. The van der Waals surface area contributed by atoms with Crippen LogP contribution in [0.25, 0.3) is 0 Å². The van der Waals surface area contributed by atoms with Crippen molar-refractivity contribution in [2.24, 2.45) is 5.41 Å². The number of rotatable bonds is 5. The van der Waals surface area contributed by atoms with E-state index in [0.717, 1.165) is 24.2 Å². The van der Waals surface area contributed by atoms with E-state index in [2.05, 4.69) is 23.8 Å². The van der Waals surface area contributed by atoms with Gasteiger partial charge in [0.05, 0.1) is 18.6 Å². The van der Waals surface area contributed by atoms with Gasteiger partial charge in [0.1, 0.15) is 5.75 Å². The third kappa shape index (κ3) is 3.47. The Kier molecular flexibility index (Phi) is 5.00. The summed E-state index contributed by atoms with van der Waals surface area (Å²) in [6.07, 6.45) is 2.95. The molecule has 2 aliphatic rings. The van der Waals surface area contributed by atoms with Crippen LogP contribution in [-0.2, 0) is 21.9 Å². The molecule has 3 atom stereocenters. The third-order valence-electron chi connectivity index (χ3n) is 6.92. The zero-order valence-electron chi connectivity index (χ0n) is 17.2. The van der Waals surface area contributed by atoms with Gasteiger partial charge in [0.25, 0.3) is 0 Å². The smallest absolute Gasteiger partial charge is 0.240 e. The molecule has 4 rings (SSSR count). The van der Waals surface area contributed by atoms with Gasteiger partial charge in [-0.3, -0.25) is 0 Å². The molecule has 2 aliphatic carbocycles. The predicted octanol–water partition coefficient (Wildman–Crippen LogP) is 3.33. The van der Waals surface area contributed by atoms with Crippen molar-refractivity contribution in [3.63, 3.8) is 0 Å². The lowest BCUT2D eigenvalue weighted by atomic mass is 9.52. The van der Waals surface area contributed by atoms with E-state index in [4.69, 9.17) is 4.74 Å². The molecule has 5 nitrogen and oxygen atoms in total. The van der Waals surface area contributed by atoms with Gasteiger partial charge >= 0.3 is 0 Å². The van der Waals surface area contributed by atoms with Crippen LogP contribution >= 0.6 is 0 Å². The van der Waals surface area contributed by atoms with Crippen molar-refractivity contribution in [1.82, 2.24) is 4.72 Å². The van der Waals surface area contributed by atoms with Crippen LogP contribution in [0.1, 0.15) is 42.9 Å². The second-order valence-electron chi connectivity index (χ2n) is 8.98. The molecule has 156 valence electrons. The molecule has 2 N–H and O–H groups in total. The highest BCUT2D eigenvalue weighted by molar-refractivity contribution is 7.89. The number of sulfonamides is 1. The number of aliphatic hydroxyl groups is 1. The molecule has 0 unspecified atom stereocenters. The summed E-state index contributed by atoms with van der Waals surface area (Å²) in [5.74, 6) is 0.837. The molecule has 2 aromatic rings. The first kappa shape index (κ1) is 20.4. The monoisotopic (exact) mass is 415 g/mol. The fourth-order valence-electron chi connectivity index (χ4n) is 5.33. The SMILES string of the molecule is COc1ccc2c(c1)[C@@]1(C)CC[C@H](NS(=O)(=O)c3ccc(C)cc3)[C@@](CO)(C2)C1. The highest BCUT2D eigenvalue weighted by atomic mass is 32.2. The van der Waals surface area contributed by atoms with Crippen molar-refractivity contribution in [3.8, 4) is 5.75 Å². The molecule has 6 heteroatoms. The first-order valence-electron chi connectivity index (χ1n) is 10.1. The van der Waals surface area contributed by atoms with Gasteiger partial charge in [-0.05, 0) is 73.4 Å². The number of fused-ring (bicyclic) bond motifs is 4. The van der Waals surface area contributed by atoms with Crippen molar-refractivity contribution in [1.29, 1.82) is 0 Å². The summed E-state index contributed by atoms with van der Waals surface area (Å²) in [5.41, 5.74) is 2.85. The first-order valence-corrected chi connectivity index (χ1v) is 11.6. The molecule has 2 aromatic carbocycles. The lowest BCUT2D eigenvalue weighted by molar-refractivity contribution is 0.0113. The second-order valence-corrected chi connectivity index (χ2v) is 10.7. The maximum absolute atomic E-state index is 13.0. The predicted molar refractivity (Wildman–Crippen MR) is 113 cm³/mol. The molecule has 0 aromatic heterocycles. The van der Waals surface area contributed by atoms with Gasteiger partial charge in [-0.15, -0.1) is 0 Å². The third-order valence-corrected chi connectivity index (χ3v) is 8.41. The van der Waals surface area contributed by atoms with E-state index in [0.29, 0.717) is 12.8 Å². The number of benzene rings is 2. The van der Waals surface area contributed by atoms with Crippen LogP contribution in [0.3, 0.4) is 0 Å². The van der Waals surface area contributed by atoms with E-state index in [-0.39, 0.29) is 23.0 Å². The zero-order chi connectivity index (χ0) is 20.9. The largest absolute Gasteiger partial charge is 0.497 e. The van der Waals surface area contributed by atoms with Gasteiger partial charge in [0, 0.05) is 11.5 Å². The van der Waals surface area contributed by atoms with Gasteiger partial charge < -0.3 is 9.84 Å². The van der Waals surface area contributed by atoms with E-state index in [1.54, 1.807) is 31.4 Å². The van der Waals surface area contributed by atoms with Crippen molar-refractivity contribution in [3.05, 3.63) is 59.2 Å². The summed E-state index contributed by atoms with van der Waals surface area (Å²) >= 11 is 0. The summed E-state index contributed by atoms with van der Waals surface area (Å²) in [6.45, 7) is 4.11. The topological polar surface area (TPSA) is 75.6 Å². The lowest BCUT2D eigenvalue weighted by Gasteiger charge is -2.55. The van der Waals surface area contributed by atoms with E-state index >= 15 is 0 Å². The molecule has 1 saturated carbocycles. The minimum absolute atomic E-state index is 0.0465. The number of methoxy groups -OCH3 is 1. The standard InChI is InChI=1S/C23H29NO4S/c1-16-4-8-19(9-5-16)29(26,27)24-21-10-11-22(2)14-23(21,15-25)13-17-6-7-18(28-3)12-20(17)22/h4-9,12,21,24-25H,10-11,13-15H2,1-3H3/t21-,22-,23-/m0/s1. The number of nitrogens with one attached hydrogen (secondary N) is 1. The first-order chi connectivity index (χ1) is 13.7. The molecule has 0 radical (unpaired) electrons. The van der Waals surface area contributed by atoms with Gasteiger partial charge in [-0.2, -0.15) is 0 Å². The van der Waals surface area contributed by atoms with E-state index in [9.17, 15) is 13.5 Å². The summed E-state index contributed by atoms with van der Waals surface area (Å²) in [7, 11) is -1.98. The van der Waals surface area contributed by atoms with Crippen molar-refractivity contribution >= 4 is 10.0 Å². The molecule has 2 bridgehead atoms. The Labute approximate surface area is 173 Å². The second kappa shape index (κ2) is 7.11. The molecule has 0 amide bonds. The average molecular weight is 416 g/mol. The lowest BCUT2D eigenvalue weighted by Crippen LogP contribution is -2.59. The molecule has 1 fully saturated rings. The normalized spacial score (nSPS) is 28.6. The summed E-state index contributed by atoms with van der Waals surface area (Å²) in [4.78, 5) is 0.269. The van der Waals surface area contributed by atoms with Crippen LogP contribution in [0.15, 0.2) is 47.4 Å². The minimum Gasteiger partial charge on any atom is -0.497 e. The van der Waals surface area contributed by atoms with Crippen LogP contribution in [-0.4, -0.2) is 33.3 Å². The van der Waals surface area contributed by atoms with Crippen molar-refractivity contribution < 1.29 is 18.3 Å². The van der Waals surface area contributed by atoms with Crippen LogP contribution in [0, 0.1) is 12.3 Å².